The average Bonchev–Trinajstić information content (AvgIpc) is 2.60. The van der Waals surface area contributed by atoms with Crippen molar-refractivity contribution in [2.24, 2.45) is 23.2 Å². The van der Waals surface area contributed by atoms with Crippen LogP contribution in [0.2, 0.25) is 0 Å². The Labute approximate surface area is 155 Å². The van der Waals surface area contributed by atoms with Crippen LogP contribution in [-0.4, -0.2) is 22.5 Å². The van der Waals surface area contributed by atoms with E-state index in [4.69, 9.17) is 12.2 Å². The molecule has 1 aliphatic heterocycles. The molecule has 1 aromatic rings. The topological polar surface area (TPSA) is 32.3 Å². The molecule has 0 aromatic heterocycles. The van der Waals surface area contributed by atoms with Gasteiger partial charge >= 0.3 is 0 Å². The first-order valence-corrected chi connectivity index (χ1v) is 10.2. The highest BCUT2D eigenvalue weighted by molar-refractivity contribution is 7.80. The normalized spacial score (nSPS) is 35.4. The standard InChI is InChI=1S/C21H26N2OS/c24-19(21-10-14-7-15(11-21)9-16(8-14)12-21)22-20(25)23-6-5-17-3-1-2-4-18(17)13-23/h1-4,14-16H,5-13H2,(H,22,24,25). The molecule has 25 heavy (non-hydrogen) atoms. The van der Waals surface area contributed by atoms with E-state index in [-0.39, 0.29) is 11.3 Å². The second kappa shape index (κ2) is 5.80. The lowest BCUT2D eigenvalue weighted by atomic mass is 9.49. The van der Waals surface area contributed by atoms with Gasteiger partial charge in [-0.2, -0.15) is 0 Å². The molecule has 4 saturated carbocycles. The van der Waals surface area contributed by atoms with Crippen molar-refractivity contribution in [3.8, 4) is 0 Å². The van der Waals surface area contributed by atoms with Gasteiger partial charge in [0.25, 0.3) is 0 Å². The highest BCUT2D eigenvalue weighted by Gasteiger charge is 2.54. The van der Waals surface area contributed by atoms with Gasteiger partial charge in [0, 0.05) is 13.1 Å². The van der Waals surface area contributed by atoms with E-state index in [9.17, 15) is 4.79 Å². The molecule has 1 heterocycles. The fourth-order valence-corrected chi connectivity index (χ4v) is 6.62. The highest BCUT2D eigenvalue weighted by Crippen LogP contribution is 2.60. The predicted octanol–water partition coefficient (Wildman–Crippen LogP) is 3.66. The molecular weight excluding hydrogens is 328 g/mol. The average molecular weight is 355 g/mol. The summed E-state index contributed by atoms with van der Waals surface area (Å²) in [5.74, 6) is 2.57. The minimum atomic E-state index is -0.119. The van der Waals surface area contributed by atoms with Crippen molar-refractivity contribution < 1.29 is 4.79 Å². The van der Waals surface area contributed by atoms with Gasteiger partial charge in [-0.1, -0.05) is 24.3 Å². The number of hydrogen-bond acceptors (Lipinski definition) is 2. The Bertz CT molecular complexity index is 693. The molecular formula is C21H26N2OS. The maximum atomic E-state index is 13.2. The molecule has 3 nitrogen and oxygen atoms in total. The van der Waals surface area contributed by atoms with Crippen LogP contribution in [0.5, 0.6) is 0 Å². The second-order valence-corrected chi connectivity index (χ2v) is 9.28. The van der Waals surface area contributed by atoms with E-state index in [1.54, 1.807) is 0 Å². The number of rotatable bonds is 1. The van der Waals surface area contributed by atoms with E-state index in [0.717, 1.165) is 56.5 Å². The summed E-state index contributed by atoms with van der Waals surface area (Å²) in [4.78, 5) is 15.3. The van der Waals surface area contributed by atoms with Crippen molar-refractivity contribution in [1.29, 1.82) is 0 Å². The molecule has 0 unspecified atom stereocenters. The molecule has 1 aromatic carbocycles. The van der Waals surface area contributed by atoms with Gasteiger partial charge in [0.05, 0.1) is 5.41 Å². The Morgan fingerprint density at radius 1 is 1.04 bits per heavy atom. The van der Waals surface area contributed by atoms with Crippen LogP contribution >= 0.6 is 12.2 Å². The lowest BCUT2D eigenvalue weighted by molar-refractivity contribution is -0.144. The largest absolute Gasteiger partial charge is 0.344 e. The summed E-state index contributed by atoms with van der Waals surface area (Å²) in [6.07, 6.45) is 8.37. The summed E-state index contributed by atoms with van der Waals surface area (Å²) < 4.78 is 0. The number of nitrogens with one attached hydrogen (secondary N) is 1. The quantitative estimate of drug-likeness (QED) is 0.781. The lowest BCUT2D eigenvalue weighted by Gasteiger charge is -2.55. The van der Waals surface area contributed by atoms with E-state index >= 15 is 0 Å². The van der Waals surface area contributed by atoms with Crippen molar-refractivity contribution in [2.45, 2.75) is 51.5 Å². The van der Waals surface area contributed by atoms with Crippen molar-refractivity contribution in [3.63, 3.8) is 0 Å². The minimum Gasteiger partial charge on any atom is -0.344 e. The van der Waals surface area contributed by atoms with Crippen LogP contribution in [0.3, 0.4) is 0 Å². The molecule has 1 amide bonds. The third-order valence-corrected chi connectivity index (χ3v) is 7.52. The van der Waals surface area contributed by atoms with Crippen LogP contribution in [-0.2, 0) is 17.8 Å². The van der Waals surface area contributed by atoms with Gasteiger partial charge in [0.2, 0.25) is 5.91 Å². The van der Waals surface area contributed by atoms with Crippen LogP contribution in [0.25, 0.3) is 0 Å². The third-order valence-electron chi connectivity index (χ3n) is 7.16. The Morgan fingerprint density at radius 3 is 2.28 bits per heavy atom. The van der Waals surface area contributed by atoms with Gasteiger partial charge in [-0.3, -0.25) is 4.79 Å². The van der Waals surface area contributed by atoms with Gasteiger partial charge in [-0.05, 0) is 86.0 Å². The van der Waals surface area contributed by atoms with E-state index in [1.807, 2.05) is 0 Å². The van der Waals surface area contributed by atoms with Gasteiger partial charge in [0.1, 0.15) is 0 Å². The zero-order chi connectivity index (χ0) is 17.0. The summed E-state index contributed by atoms with van der Waals surface area (Å²) in [7, 11) is 0. The Hall–Kier alpha value is -1.42. The number of amides is 1. The summed E-state index contributed by atoms with van der Waals surface area (Å²) in [6, 6.07) is 8.55. The summed E-state index contributed by atoms with van der Waals surface area (Å²) in [6.45, 7) is 1.72. The van der Waals surface area contributed by atoms with Crippen molar-refractivity contribution in [2.75, 3.05) is 6.54 Å². The Morgan fingerprint density at radius 2 is 1.64 bits per heavy atom. The molecule has 1 N–H and O–H groups in total. The van der Waals surface area contributed by atoms with E-state index < -0.39 is 0 Å². The molecule has 4 bridgehead atoms. The number of hydrogen-bond donors (Lipinski definition) is 1. The molecule has 4 aliphatic carbocycles. The Kier molecular flexibility index (Phi) is 3.67. The number of benzene rings is 1. The molecule has 5 aliphatic rings. The smallest absolute Gasteiger partial charge is 0.232 e. The fourth-order valence-electron chi connectivity index (χ4n) is 6.37. The lowest BCUT2D eigenvalue weighted by Crippen LogP contribution is -2.56. The van der Waals surface area contributed by atoms with Crippen molar-refractivity contribution >= 4 is 23.2 Å². The Balaban J connectivity index is 1.28. The first-order chi connectivity index (χ1) is 12.1. The minimum absolute atomic E-state index is 0.119. The molecule has 0 atom stereocenters. The van der Waals surface area contributed by atoms with Gasteiger partial charge in [-0.25, -0.2) is 0 Å². The molecule has 4 heteroatoms. The maximum absolute atomic E-state index is 13.2. The molecule has 4 fully saturated rings. The summed E-state index contributed by atoms with van der Waals surface area (Å²) >= 11 is 5.63. The molecule has 0 radical (unpaired) electrons. The van der Waals surface area contributed by atoms with Gasteiger partial charge in [-0.15, -0.1) is 0 Å². The highest BCUT2D eigenvalue weighted by atomic mass is 32.1. The first-order valence-electron chi connectivity index (χ1n) is 9.78. The maximum Gasteiger partial charge on any atom is 0.232 e. The van der Waals surface area contributed by atoms with Crippen LogP contribution in [0, 0.1) is 23.2 Å². The summed E-state index contributed by atoms with van der Waals surface area (Å²) in [5.41, 5.74) is 2.63. The molecule has 0 spiro atoms. The number of carbonyl (C=O) groups excluding carboxylic acids is 1. The zero-order valence-electron chi connectivity index (χ0n) is 14.7. The van der Waals surface area contributed by atoms with Crippen LogP contribution in [0.15, 0.2) is 24.3 Å². The number of fused-ring (bicyclic) bond motifs is 1. The number of thiocarbonyl (C=S) groups is 1. The van der Waals surface area contributed by atoms with E-state index in [0.29, 0.717) is 5.11 Å². The molecule has 132 valence electrons. The van der Waals surface area contributed by atoms with Crippen LogP contribution in [0.4, 0.5) is 0 Å². The third kappa shape index (κ3) is 2.69. The predicted molar refractivity (Wildman–Crippen MR) is 102 cm³/mol. The SMILES string of the molecule is O=C(NC(=S)N1CCc2ccccc2C1)C12CC3CC(CC(C3)C1)C2. The van der Waals surface area contributed by atoms with Gasteiger partial charge < -0.3 is 10.2 Å². The fraction of sp³-hybridized carbons (Fsp3) is 0.619. The molecule has 6 rings (SSSR count). The molecule has 0 saturated heterocycles. The van der Waals surface area contributed by atoms with Crippen LogP contribution in [0.1, 0.15) is 49.7 Å². The second-order valence-electron chi connectivity index (χ2n) is 8.90. The number of nitrogens with zero attached hydrogens (tertiary/aromatic N) is 1. The first kappa shape index (κ1) is 15.8. The van der Waals surface area contributed by atoms with Crippen molar-refractivity contribution in [1.82, 2.24) is 10.2 Å². The van der Waals surface area contributed by atoms with Gasteiger partial charge in [0.15, 0.2) is 5.11 Å². The number of carbonyl (C=O) groups is 1. The van der Waals surface area contributed by atoms with Crippen LogP contribution < -0.4 is 5.32 Å². The van der Waals surface area contributed by atoms with E-state index in [2.05, 4.69) is 34.5 Å². The summed E-state index contributed by atoms with van der Waals surface area (Å²) in [5, 5.41) is 3.79. The van der Waals surface area contributed by atoms with E-state index in [1.165, 1.54) is 30.4 Å². The zero-order valence-corrected chi connectivity index (χ0v) is 15.5. The van der Waals surface area contributed by atoms with Crippen molar-refractivity contribution in [3.05, 3.63) is 35.4 Å². The monoisotopic (exact) mass is 354 g/mol.